The van der Waals surface area contributed by atoms with Crippen molar-refractivity contribution in [3.63, 3.8) is 0 Å². The molecule has 0 radical (unpaired) electrons. The van der Waals surface area contributed by atoms with Gasteiger partial charge in [0.2, 0.25) is 0 Å². The fraction of sp³-hybridized carbons (Fsp3) is 0.353. The van der Waals surface area contributed by atoms with Gasteiger partial charge < -0.3 is 0 Å². The predicted octanol–water partition coefficient (Wildman–Crippen LogP) is 2.87. The molecule has 2 aromatic heterocycles. The van der Waals surface area contributed by atoms with Gasteiger partial charge in [-0.05, 0) is 37.5 Å². The third kappa shape index (κ3) is 3.47. The summed E-state index contributed by atoms with van der Waals surface area (Å²) in [6.45, 7) is 2.62. The standard InChI is InChI=1S/C17H20N4OS/c1-3-21-16(22)14-8-4-5-9-15(14)19-17(21)23-10-6-7-13-11-18-20(2)12-13/h4-5,8-9,11-12H,3,6-7,10H2,1-2H3. The summed E-state index contributed by atoms with van der Waals surface area (Å²) in [5.41, 5.74) is 2.07. The molecule has 0 fully saturated rings. The van der Waals surface area contributed by atoms with Gasteiger partial charge in [0.1, 0.15) is 0 Å². The molecule has 0 N–H and O–H groups in total. The lowest BCUT2D eigenvalue weighted by atomic mass is 10.2. The first-order valence-corrected chi connectivity index (χ1v) is 8.77. The van der Waals surface area contributed by atoms with Crippen LogP contribution in [0.5, 0.6) is 0 Å². The van der Waals surface area contributed by atoms with Crippen LogP contribution < -0.4 is 5.56 Å². The van der Waals surface area contributed by atoms with Gasteiger partial charge in [-0.1, -0.05) is 23.9 Å². The molecule has 0 aliphatic heterocycles. The van der Waals surface area contributed by atoms with Crippen molar-refractivity contribution in [2.45, 2.75) is 31.5 Å². The Morgan fingerprint density at radius 1 is 1.26 bits per heavy atom. The van der Waals surface area contributed by atoms with Gasteiger partial charge in [0.25, 0.3) is 5.56 Å². The summed E-state index contributed by atoms with van der Waals surface area (Å²) in [7, 11) is 1.93. The number of hydrogen-bond donors (Lipinski definition) is 0. The summed E-state index contributed by atoms with van der Waals surface area (Å²) in [5, 5.41) is 5.68. The van der Waals surface area contributed by atoms with E-state index >= 15 is 0 Å². The van der Waals surface area contributed by atoms with E-state index in [0.717, 1.165) is 29.3 Å². The molecule has 23 heavy (non-hydrogen) atoms. The van der Waals surface area contributed by atoms with Crippen LogP contribution in [0, 0.1) is 0 Å². The Labute approximate surface area is 139 Å². The number of para-hydroxylation sites is 1. The second-order valence-corrected chi connectivity index (χ2v) is 6.50. The molecule has 0 saturated carbocycles. The Hall–Kier alpha value is -2.08. The Balaban J connectivity index is 1.73. The van der Waals surface area contributed by atoms with Crippen molar-refractivity contribution in [3.8, 4) is 0 Å². The molecular weight excluding hydrogens is 308 g/mol. The summed E-state index contributed by atoms with van der Waals surface area (Å²) in [6.07, 6.45) is 5.97. The van der Waals surface area contributed by atoms with E-state index in [9.17, 15) is 4.79 Å². The molecule has 0 aliphatic carbocycles. The zero-order valence-electron chi connectivity index (χ0n) is 13.4. The number of aryl methyl sites for hydroxylation is 2. The van der Waals surface area contributed by atoms with Crippen LogP contribution in [-0.2, 0) is 20.0 Å². The van der Waals surface area contributed by atoms with E-state index in [-0.39, 0.29) is 5.56 Å². The van der Waals surface area contributed by atoms with E-state index in [0.29, 0.717) is 11.9 Å². The number of aromatic nitrogens is 4. The molecule has 0 spiro atoms. The van der Waals surface area contributed by atoms with Gasteiger partial charge in [-0.25, -0.2) is 4.98 Å². The number of benzene rings is 1. The summed E-state index contributed by atoms with van der Waals surface area (Å²) in [4.78, 5) is 17.2. The van der Waals surface area contributed by atoms with E-state index in [1.54, 1.807) is 16.3 Å². The summed E-state index contributed by atoms with van der Waals surface area (Å²) in [5.74, 6) is 0.930. The quantitative estimate of drug-likeness (QED) is 0.397. The van der Waals surface area contributed by atoms with Crippen LogP contribution in [0.3, 0.4) is 0 Å². The molecule has 5 nitrogen and oxygen atoms in total. The molecule has 1 aromatic carbocycles. The fourth-order valence-corrected chi connectivity index (χ4v) is 3.58. The molecule has 3 aromatic rings. The van der Waals surface area contributed by atoms with E-state index in [1.807, 2.05) is 55.3 Å². The van der Waals surface area contributed by atoms with Gasteiger partial charge in [-0.15, -0.1) is 0 Å². The molecule has 0 amide bonds. The number of fused-ring (bicyclic) bond motifs is 1. The maximum atomic E-state index is 12.5. The molecule has 120 valence electrons. The van der Waals surface area contributed by atoms with Crippen LogP contribution in [0.1, 0.15) is 18.9 Å². The summed E-state index contributed by atoms with van der Waals surface area (Å²) < 4.78 is 3.58. The lowest BCUT2D eigenvalue weighted by Crippen LogP contribution is -2.22. The Morgan fingerprint density at radius 3 is 2.83 bits per heavy atom. The molecule has 6 heteroatoms. The van der Waals surface area contributed by atoms with Crippen LogP contribution in [0.2, 0.25) is 0 Å². The number of rotatable bonds is 6. The molecule has 0 aliphatic rings. The molecule has 2 heterocycles. The largest absolute Gasteiger partial charge is 0.287 e. The van der Waals surface area contributed by atoms with E-state index in [1.165, 1.54) is 5.56 Å². The lowest BCUT2D eigenvalue weighted by molar-refractivity contribution is 0.634. The minimum absolute atomic E-state index is 0.0489. The average Bonchev–Trinajstić information content (AvgIpc) is 2.97. The first-order valence-electron chi connectivity index (χ1n) is 7.79. The first-order chi connectivity index (χ1) is 11.2. The van der Waals surface area contributed by atoms with Crippen molar-refractivity contribution in [1.29, 1.82) is 0 Å². The van der Waals surface area contributed by atoms with Gasteiger partial charge in [0.05, 0.1) is 17.1 Å². The highest BCUT2D eigenvalue weighted by Crippen LogP contribution is 2.19. The van der Waals surface area contributed by atoms with Crippen LogP contribution in [-0.4, -0.2) is 25.1 Å². The molecule has 0 atom stereocenters. The molecule has 3 rings (SSSR count). The van der Waals surface area contributed by atoms with Gasteiger partial charge in [-0.2, -0.15) is 5.10 Å². The van der Waals surface area contributed by atoms with Gasteiger partial charge in [-0.3, -0.25) is 14.0 Å². The fourth-order valence-electron chi connectivity index (χ4n) is 2.58. The van der Waals surface area contributed by atoms with Crippen molar-refractivity contribution in [3.05, 3.63) is 52.6 Å². The van der Waals surface area contributed by atoms with Crippen LogP contribution in [0.4, 0.5) is 0 Å². The van der Waals surface area contributed by atoms with Crippen molar-refractivity contribution in [2.75, 3.05) is 5.75 Å². The highest BCUT2D eigenvalue weighted by atomic mass is 32.2. The van der Waals surface area contributed by atoms with Crippen LogP contribution >= 0.6 is 11.8 Å². The monoisotopic (exact) mass is 328 g/mol. The second-order valence-electron chi connectivity index (χ2n) is 5.44. The van der Waals surface area contributed by atoms with E-state index in [4.69, 9.17) is 0 Å². The Bertz CT molecular complexity index is 868. The van der Waals surface area contributed by atoms with E-state index < -0.39 is 0 Å². The van der Waals surface area contributed by atoms with Crippen molar-refractivity contribution in [2.24, 2.45) is 7.05 Å². The van der Waals surface area contributed by atoms with Crippen LogP contribution in [0.25, 0.3) is 10.9 Å². The van der Waals surface area contributed by atoms with Crippen molar-refractivity contribution >= 4 is 22.7 Å². The van der Waals surface area contributed by atoms with E-state index in [2.05, 4.69) is 10.1 Å². The van der Waals surface area contributed by atoms with Gasteiger partial charge in [0.15, 0.2) is 5.16 Å². The number of hydrogen-bond acceptors (Lipinski definition) is 4. The minimum atomic E-state index is 0.0489. The van der Waals surface area contributed by atoms with Crippen LogP contribution in [0.15, 0.2) is 46.6 Å². The number of thioether (sulfide) groups is 1. The minimum Gasteiger partial charge on any atom is -0.287 e. The van der Waals surface area contributed by atoms with Crippen molar-refractivity contribution in [1.82, 2.24) is 19.3 Å². The second kappa shape index (κ2) is 7.00. The highest BCUT2D eigenvalue weighted by molar-refractivity contribution is 7.99. The SMILES string of the molecule is CCn1c(SCCCc2cnn(C)c2)nc2ccccc2c1=O. The number of nitrogens with zero attached hydrogens (tertiary/aromatic N) is 4. The zero-order chi connectivity index (χ0) is 16.2. The molecule has 0 saturated heterocycles. The summed E-state index contributed by atoms with van der Waals surface area (Å²) >= 11 is 1.65. The lowest BCUT2D eigenvalue weighted by Gasteiger charge is -2.10. The first kappa shape index (κ1) is 15.8. The summed E-state index contributed by atoms with van der Waals surface area (Å²) in [6, 6.07) is 7.54. The zero-order valence-corrected chi connectivity index (χ0v) is 14.2. The van der Waals surface area contributed by atoms with Crippen molar-refractivity contribution < 1.29 is 0 Å². The Kier molecular flexibility index (Phi) is 4.81. The maximum absolute atomic E-state index is 12.5. The maximum Gasteiger partial charge on any atom is 0.262 e. The van der Waals surface area contributed by atoms with Gasteiger partial charge >= 0.3 is 0 Å². The predicted molar refractivity (Wildman–Crippen MR) is 93.9 cm³/mol. The normalized spacial score (nSPS) is 11.2. The molecule has 0 unspecified atom stereocenters. The van der Waals surface area contributed by atoms with Gasteiger partial charge in [0, 0.05) is 25.5 Å². The molecular formula is C17H20N4OS. The molecule has 0 bridgehead atoms. The average molecular weight is 328 g/mol. The smallest absolute Gasteiger partial charge is 0.262 e. The third-order valence-electron chi connectivity index (χ3n) is 3.74. The third-order valence-corrected chi connectivity index (χ3v) is 4.80. The Morgan fingerprint density at radius 2 is 2.09 bits per heavy atom. The topological polar surface area (TPSA) is 52.7 Å². The highest BCUT2D eigenvalue weighted by Gasteiger charge is 2.09.